The van der Waals surface area contributed by atoms with E-state index >= 15 is 0 Å². The van der Waals surface area contributed by atoms with Crippen LogP contribution in [0.1, 0.15) is 39.7 Å². The number of thiazole rings is 2. The van der Waals surface area contributed by atoms with Crippen LogP contribution < -0.4 is 10.6 Å². The molecule has 5 rings (SSSR count). The Labute approximate surface area is 195 Å². The number of nitro groups is 1. The number of anilines is 2. The highest BCUT2D eigenvalue weighted by Crippen LogP contribution is 2.38. The Balaban J connectivity index is 1.33. The minimum Gasteiger partial charge on any atom is -0.301 e. The highest BCUT2D eigenvalue weighted by molar-refractivity contribution is 7.22. The van der Waals surface area contributed by atoms with Gasteiger partial charge in [0.05, 0.1) is 26.8 Å². The summed E-state index contributed by atoms with van der Waals surface area (Å²) in [5, 5.41) is 17.5. The van der Waals surface area contributed by atoms with Gasteiger partial charge in [-0.25, -0.2) is 9.97 Å². The number of rotatable bonds is 5. The number of amides is 2. The molecule has 0 spiro atoms. The van der Waals surface area contributed by atoms with Crippen LogP contribution in [0.15, 0.2) is 48.5 Å². The van der Waals surface area contributed by atoms with E-state index in [0.717, 1.165) is 17.7 Å². The molecule has 0 bridgehead atoms. The zero-order valence-electron chi connectivity index (χ0n) is 17.1. The molecule has 166 valence electrons. The van der Waals surface area contributed by atoms with Gasteiger partial charge in [-0.15, -0.1) is 11.3 Å². The van der Waals surface area contributed by atoms with E-state index in [9.17, 15) is 19.7 Å². The minimum atomic E-state index is -0.461. The number of hydrogen-bond donors (Lipinski definition) is 2. The summed E-state index contributed by atoms with van der Waals surface area (Å²) in [4.78, 5) is 46.0. The second kappa shape index (κ2) is 8.68. The first-order valence-electron chi connectivity index (χ1n) is 10.2. The van der Waals surface area contributed by atoms with Gasteiger partial charge in [0, 0.05) is 22.6 Å². The molecule has 2 aromatic carbocycles. The predicted octanol–water partition coefficient (Wildman–Crippen LogP) is 4.97. The van der Waals surface area contributed by atoms with E-state index in [-0.39, 0.29) is 17.5 Å². The molecule has 9 nitrogen and oxygen atoms in total. The van der Waals surface area contributed by atoms with E-state index in [1.54, 1.807) is 30.3 Å². The van der Waals surface area contributed by atoms with Crippen molar-refractivity contribution in [2.24, 2.45) is 0 Å². The van der Waals surface area contributed by atoms with E-state index in [1.165, 1.54) is 34.8 Å². The number of nitro benzene ring substituents is 1. The summed E-state index contributed by atoms with van der Waals surface area (Å²) in [5.41, 5.74) is 1.79. The number of benzene rings is 2. The molecule has 2 heterocycles. The SMILES string of the molecule is O=C(Nc1nc2c(s1)CCCC2C(=O)Nc1nc2ccc([N+](=O)[O-])cc2s1)c1ccccc1. The van der Waals surface area contributed by atoms with Gasteiger partial charge in [-0.05, 0) is 37.5 Å². The standard InChI is InChI=1S/C22H17N5O4S2/c28-19(12-5-2-1-3-6-12)25-22-24-18-14(7-4-8-16(18)32-22)20(29)26-21-23-15-10-9-13(27(30)31)11-17(15)33-21/h1-3,5-6,9-11,14H,4,7-8H2,(H,23,26,29)(H,24,25,28). The summed E-state index contributed by atoms with van der Waals surface area (Å²) < 4.78 is 0.628. The van der Waals surface area contributed by atoms with E-state index in [2.05, 4.69) is 20.6 Å². The van der Waals surface area contributed by atoms with Gasteiger partial charge in [-0.1, -0.05) is 29.5 Å². The lowest BCUT2D eigenvalue weighted by atomic mass is 9.90. The minimum absolute atomic E-state index is 0.0199. The molecule has 1 atom stereocenters. The van der Waals surface area contributed by atoms with Gasteiger partial charge >= 0.3 is 0 Å². The third-order valence-corrected chi connectivity index (χ3v) is 7.32. The number of aryl methyl sites for hydroxylation is 1. The van der Waals surface area contributed by atoms with E-state index in [1.807, 2.05) is 6.07 Å². The monoisotopic (exact) mass is 479 g/mol. The van der Waals surface area contributed by atoms with Crippen molar-refractivity contribution in [1.29, 1.82) is 0 Å². The van der Waals surface area contributed by atoms with Crippen molar-refractivity contribution in [2.75, 3.05) is 10.6 Å². The van der Waals surface area contributed by atoms with Gasteiger partial charge < -0.3 is 5.32 Å². The van der Waals surface area contributed by atoms with E-state index in [0.29, 0.717) is 38.2 Å². The molecule has 2 N–H and O–H groups in total. The van der Waals surface area contributed by atoms with Crippen molar-refractivity contribution < 1.29 is 14.5 Å². The quantitative estimate of drug-likeness (QED) is 0.307. The van der Waals surface area contributed by atoms with Gasteiger partial charge in [-0.2, -0.15) is 0 Å². The maximum Gasteiger partial charge on any atom is 0.270 e. The Hall–Kier alpha value is -3.70. The van der Waals surface area contributed by atoms with Crippen molar-refractivity contribution in [1.82, 2.24) is 9.97 Å². The number of fused-ring (bicyclic) bond motifs is 2. The van der Waals surface area contributed by atoms with Gasteiger partial charge in [0.15, 0.2) is 10.3 Å². The van der Waals surface area contributed by atoms with Crippen LogP contribution in [-0.4, -0.2) is 26.7 Å². The lowest BCUT2D eigenvalue weighted by molar-refractivity contribution is -0.384. The summed E-state index contributed by atoms with van der Waals surface area (Å²) in [7, 11) is 0. The Morgan fingerprint density at radius 1 is 1.03 bits per heavy atom. The molecule has 1 aliphatic rings. The number of nitrogens with zero attached hydrogens (tertiary/aromatic N) is 3. The van der Waals surface area contributed by atoms with Gasteiger partial charge in [-0.3, -0.25) is 25.0 Å². The Bertz CT molecular complexity index is 1380. The average molecular weight is 480 g/mol. The molecule has 33 heavy (non-hydrogen) atoms. The molecule has 0 fully saturated rings. The topological polar surface area (TPSA) is 127 Å². The summed E-state index contributed by atoms with van der Waals surface area (Å²) in [6.45, 7) is 0. The number of carbonyl (C=O) groups is 2. The first kappa shape index (κ1) is 21.2. The number of aromatic nitrogens is 2. The van der Waals surface area contributed by atoms with Gasteiger partial charge in [0.1, 0.15) is 0 Å². The van der Waals surface area contributed by atoms with Crippen LogP contribution >= 0.6 is 22.7 Å². The fourth-order valence-corrected chi connectivity index (χ4v) is 5.72. The highest BCUT2D eigenvalue weighted by atomic mass is 32.1. The van der Waals surface area contributed by atoms with Crippen molar-refractivity contribution in [3.8, 4) is 0 Å². The largest absolute Gasteiger partial charge is 0.301 e. The number of carbonyl (C=O) groups excluding carboxylic acids is 2. The second-order valence-electron chi connectivity index (χ2n) is 7.51. The lowest BCUT2D eigenvalue weighted by Crippen LogP contribution is -2.24. The number of non-ortho nitro benzene ring substituents is 1. The molecule has 0 aliphatic heterocycles. The zero-order chi connectivity index (χ0) is 22.9. The Morgan fingerprint density at radius 2 is 1.82 bits per heavy atom. The average Bonchev–Trinajstić information content (AvgIpc) is 3.41. The number of nitrogens with one attached hydrogen (secondary N) is 2. The van der Waals surface area contributed by atoms with Crippen molar-refractivity contribution in [3.05, 3.63) is 74.8 Å². The van der Waals surface area contributed by atoms with Crippen LogP contribution in [0.25, 0.3) is 10.2 Å². The van der Waals surface area contributed by atoms with Gasteiger partial charge in [0.25, 0.3) is 11.6 Å². The van der Waals surface area contributed by atoms with E-state index < -0.39 is 10.8 Å². The normalized spacial score (nSPS) is 15.1. The fourth-order valence-electron chi connectivity index (χ4n) is 3.76. The maximum atomic E-state index is 13.1. The first-order valence-corrected chi connectivity index (χ1v) is 11.8. The molecule has 0 saturated heterocycles. The summed E-state index contributed by atoms with van der Waals surface area (Å²) in [6.07, 6.45) is 2.29. The molecule has 4 aromatic rings. The van der Waals surface area contributed by atoms with Crippen LogP contribution in [-0.2, 0) is 11.2 Å². The van der Waals surface area contributed by atoms with Crippen LogP contribution in [0, 0.1) is 10.1 Å². The van der Waals surface area contributed by atoms with Crippen LogP contribution in [0.5, 0.6) is 0 Å². The molecule has 2 aromatic heterocycles. The molecule has 1 unspecified atom stereocenters. The smallest absolute Gasteiger partial charge is 0.270 e. The van der Waals surface area contributed by atoms with Crippen LogP contribution in [0.3, 0.4) is 0 Å². The fraction of sp³-hybridized carbons (Fsp3) is 0.182. The van der Waals surface area contributed by atoms with Crippen molar-refractivity contribution in [2.45, 2.75) is 25.2 Å². The lowest BCUT2D eigenvalue weighted by Gasteiger charge is -2.19. The van der Waals surface area contributed by atoms with Crippen LogP contribution in [0.2, 0.25) is 0 Å². The van der Waals surface area contributed by atoms with Gasteiger partial charge in [0.2, 0.25) is 5.91 Å². The molecule has 2 amide bonds. The number of hydrogen-bond acceptors (Lipinski definition) is 8. The molecular formula is C22H17N5O4S2. The van der Waals surface area contributed by atoms with Crippen LogP contribution in [0.4, 0.5) is 16.0 Å². The summed E-state index contributed by atoms with van der Waals surface area (Å²) >= 11 is 2.59. The third-order valence-electron chi connectivity index (χ3n) is 5.34. The zero-order valence-corrected chi connectivity index (χ0v) is 18.7. The first-order chi connectivity index (χ1) is 16.0. The molecule has 11 heteroatoms. The summed E-state index contributed by atoms with van der Waals surface area (Å²) in [6, 6.07) is 13.3. The predicted molar refractivity (Wildman–Crippen MR) is 127 cm³/mol. The molecule has 1 aliphatic carbocycles. The molecular weight excluding hydrogens is 462 g/mol. The molecule has 0 saturated carbocycles. The summed E-state index contributed by atoms with van der Waals surface area (Å²) in [5.74, 6) is -0.921. The highest BCUT2D eigenvalue weighted by Gasteiger charge is 2.31. The molecule has 0 radical (unpaired) electrons. The van der Waals surface area contributed by atoms with Crippen molar-refractivity contribution in [3.63, 3.8) is 0 Å². The second-order valence-corrected chi connectivity index (χ2v) is 9.62. The van der Waals surface area contributed by atoms with Crippen molar-refractivity contribution >= 4 is 60.7 Å². The third kappa shape index (κ3) is 4.32. The Kier molecular flexibility index (Phi) is 5.56. The van der Waals surface area contributed by atoms with E-state index in [4.69, 9.17) is 0 Å². The maximum absolute atomic E-state index is 13.1. The Morgan fingerprint density at radius 3 is 2.61 bits per heavy atom.